The molecule has 0 N–H and O–H groups in total. The monoisotopic (exact) mass is 267 g/mol. The molecule has 0 aliphatic rings. The lowest BCUT2D eigenvalue weighted by atomic mass is 10.2. The van der Waals surface area contributed by atoms with Gasteiger partial charge in [-0.2, -0.15) is 0 Å². The first-order chi connectivity index (χ1) is 8.29. The number of nitrogens with zero attached hydrogens (tertiary/aromatic N) is 1. The van der Waals surface area contributed by atoms with Crippen LogP contribution in [0.4, 0.5) is 0 Å². The van der Waals surface area contributed by atoms with Gasteiger partial charge in [-0.1, -0.05) is 29.8 Å². The molecule has 0 atom stereocenters. The van der Waals surface area contributed by atoms with E-state index in [1.807, 2.05) is 36.4 Å². The molecule has 0 spiro atoms. The van der Waals surface area contributed by atoms with Crippen molar-refractivity contribution in [1.29, 1.82) is 0 Å². The molecule has 1 aromatic carbocycles. The van der Waals surface area contributed by atoms with Gasteiger partial charge >= 0.3 is 0 Å². The van der Waals surface area contributed by atoms with Crippen molar-refractivity contribution in [2.24, 2.45) is 0 Å². The molecule has 0 bridgehead atoms. The summed E-state index contributed by atoms with van der Waals surface area (Å²) in [5.41, 5.74) is 1.92. The average molecular weight is 268 g/mol. The van der Waals surface area contributed by atoms with Crippen molar-refractivity contribution in [1.82, 2.24) is 4.98 Å². The summed E-state index contributed by atoms with van der Waals surface area (Å²) in [6.45, 7) is 0.401. The van der Waals surface area contributed by atoms with Gasteiger partial charge in [-0.25, -0.2) is 4.98 Å². The molecule has 1 aromatic heterocycles. The Morgan fingerprint density at radius 3 is 2.76 bits per heavy atom. The minimum atomic E-state index is 0.401. The Labute approximate surface area is 110 Å². The highest BCUT2D eigenvalue weighted by molar-refractivity contribution is 6.31. The molecule has 0 radical (unpaired) electrons. The van der Waals surface area contributed by atoms with Crippen molar-refractivity contribution in [3.05, 3.63) is 58.7 Å². The molecule has 0 aliphatic heterocycles. The van der Waals surface area contributed by atoms with Crippen LogP contribution in [0, 0.1) is 0 Å². The Morgan fingerprint density at radius 1 is 1.18 bits per heavy atom. The van der Waals surface area contributed by atoms with Gasteiger partial charge in [-0.15, -0.1) is 11.6 Å². The molecule has 0 fully saturated rings. The Balaban J connectivity index is 2.05. The number of hydrogen-bond donors (Lipinski definition) is 0. The Bertz CT molecular complexity index is 502. The Kier molecular flexibility index (Phi) is 4.24. The van der Waals surface area contributed by atoms with Crippen molar-refractivity contribution in [2.45, 2.75) is 12.5 Å². The molecule has 0 saturated heterocycles. The van der Waals surface area contributed by atoms with Gasteiger partial charge in [0, 0.05) is 28.7 Å². The highest BCUT2D eigenvalue weighted by Gasteiger charge is 2.01. The van der Waals surface area contributed by atoms with E-state index in [9.17, 15) is 0 Å². The summed E-state index contributed by atoms with van der Waals surface area (Å²) in [4.78, 5) is 4.11. The molecular formula is C13H11Cl2NO. The third-order valence-electron chi connectivity index (χ3n) is 2.29. The second-order valence-corrected chi connectivity index (χ2v) is 4.19. The van der Waals surface area contributed by atoms with Crippen molar-refractivity contribution in [3.63, 3.8) is 0 Å². The number of hydrogen-bond acceptors (Lipinski definition) is 2. The van der Waals surface area contributed by atoms with Crippen LogP contribution in [0.2, 0.25) is 5.02 Å². The van der Waals surface area contributed by atoms with Gasteiger partial charge in [0.2, 0.25) is 5.88 Å². The molecule has 2 nitrogen and oxygen atoms in total. The first-order valence-electron chi connectivity index (χ1n) is 5.16. The van der Waals surface area contributed by atoms with Gasteiger partial charge in [0.15, 0.2) is 0 Å². The second-order valence-electron chi connectivity index (χ2n) is 3.52. The number of pyridine rings is 1. The number of halogens is 2. The first-order valence-corrected chi connectivity index (χ1v) is 6.08. The minimum absolute atomic E-state index is 0.401. The molecule has 0 saturated carbocycles. The topological polar surface area (TPSA) is 22.1 Å². The van der Waals surface area contributed by atoms with E-state index in [2.05, 4.69) is 4.98 Å². The largest absolute Gasteiger partial charge is 0.473 e. The summed E-state index contributed by atoms with van der Waals surface area (Å²) >= 11 is 11.8. The van der Waals surface area contributed by atoms with Crippen LogP contribution in [-0.4, -0.2) is 4.98 Å². The normalized spacial score (nSPS) is 10.2. The van der Waals surface area contributed by atoms with E-state index in [-0.39, 0.29) is 0 Å². The molecule has 2 rings (SSSR count). The lowest BCUT2D eigenvalue weighted by molar-refractivity contribution is 0.294. The standard InChI is InChI=1S/C13H11Cl2NO/c14-8-10-5-6-16-13(7-10)17-9-11-3-1-2-4-12(11)15/h1-7H,8-9H2. The molecule has 0 aliphatic carbocycles. The van der Waals surface area contributed by atoms with Crippen LogP contribution in [0.3, 0.4) is 0 Å². The zero-order valence-corrected chi connectivity index (χ0v) is 10.6. The van der Waals surface area contributed by atoms with Crippen molar-refractivity contribution < 1.29 is 4.74 Å². The average Bonchev–Trinajstić information content (AvgIpc) is 2.38. The summed E-state index contributed by atoms with van der Waals surface area (Å²) in [5, 5.41) is 0.695. The maximum atomic E-state index is 6.03. The second kappa shape index (κ2) is 5.89. The molecule has 17 heavy (non-hydrogen) atoms. The third kappa shape index (κ3) is 3.35. The van der Waals surface area contributed by atoms with E-state index in [1.54, 1.807) is 6.20 Å². The number of aromatic nitrogens is 1. The summed E-state index contributed by atoms with van der Waals surface area (Å²) in [6.07, 6.45) is 1.68. The van der Waals surface area contributed by atoms with Crippen LogP contribution in [0.25, 0.3) is 0 Å². The number of benzene rings is 1. The van der Waals surface area contributed by atoms with E-state index >= 15 is 0 Å². The predicted octanol–water partition coefficient (Wildman–Crippen LogP) is 4.05. The fourth-order valence-electron chi connectivity index (χ4n) is 1.38. The maximum Gasteiger partial charge on any atom is 0.213 e. The number of rotatable bonds is 4. The van der Waals surface area contributed by atoms with Gasteiger partial charge in [0.25, 0.3) is 0 Å². The van der Waals surface area contributed by atoms with Gasteiger partial charge in [0.1, 0.15) is 6.61 Å². The smallest absolute Gasteiger partial charge is 0.213 e. The Hall–Kier alpha value is -1.25. The summed E-state index contributed by atoms with van der Waals surface area (Å²) < 4.78 is 5.56. The lowest BCUT2D eigenvalue weighted by Crippen LogP contribution is -1.98. The number of alkyl halides is 1. The maximum absolute atomic E-state index is 6.03. The highest BCUT2D eigenvalue weighted by Crippen LogP contribution is 2.18. The molecule has 0 amide bonds. The molecular weight excluding hydrogens is 257 g/mol. The van der Waals surface area contributed by atoms with Crippen LogP contribution in [0.15, 0.2) is 42.6 Å². The van der Waals surface area contributed by atoms with Crippen LogP contribution in [0.5, 0.6) is 5.88 Å². The number of ether oxygens (including phenoxy) is 1. The third-order valence-corrected chi connectivity index (χ3v) is 2.96. The Morgan fingerprint density at radius 2 is 2.00 bits per heavy atom. The summed E-state index contributed by atoms with van der Waals surface area (Å²) in [7, 11) is 0. The van der Waals surface area contributed by atoms with Crippen LogP contribution in [-0.2, 0) is 12.5 Å². The van der Waals surface area contributed by atoms with Gasteiger partial charge in [0.05, 0.1) is 0 Å². The van der Waals surface area contributed by atoms with E-state index in [4.69, 9.17) is 27.9 Å². The van der Waals surface area contributed by atoms with Crippen LogP contribution in [0.1, 0.15) is 11.1 Å². The summed E-state index contributed by atoms with van der Waals surface area (Å²) in [5.74, 6) is 1.01. The zero-order chi connectivity index (χ0) is 12.1. The fourth-order valence-corrected chi connectivity index (χ4v) is 1.74. The molecule has 88 valence electrons. The van der Waals surface area contributed by atoms with Crippen molar-refractivity contribution in [3.8, 4) is 5.88 Å². The molecule has 0 unspecified atom stereocenters. The van der Waals surface area contributed by atoms with E-state index in [1.165, 1.54) is 0 Å². The highest BCUT2D eigenvalue weighted by atomic mass is 35.5. The molecule has 4 heteroatoms. The fraction of sp³-hybridized carbons (Fsp3) is 0.154. The SMILES string of the molecule is ClCc1ccnc(OCc2ccccc2Cl)c1. The van der Waals surface area contributed by atoms with E-state index < -0.39 is 0 Å². The predicted molar refractivity (Wildman–Crippen MR) is 69.6 cm³/mol. The van der Waals surface area contributed by atoms with Crippen molar-refractivity contribution in [2.75, 3.05) is 0 Å². The van der Waals surface area contributed by atoms with Gasteiger partial charge < -0.3 is 4.74 Å². The van der Waals surface area contributed by atoms with Crippen LogP contribution >= 0.6 is 23.2 Å². The molecule has 1 heterocycles. The molecule has 2 aromatic rings. The quantitative estimate of drug-likeness (QED) is 0.780. The van der Waals surface area contributed by atoms with Crippen LogP contribution < -0.4 is 4.74 Å². The lowest BCUT2D eigenvalue weighted by Gasteiger charge is -2.07. The minimum Gasteiger partial charge on any atom is -0.473 e. The van der Waals surface area contributed by atoms with E-state index in [0.29, 0.717) is 23.4 Å². The first kappa shape index (κ1) is 12.2. The van der Waals surface area contributed by atoms with Gasteiger partial charge in [-0.3, -0.25) is 0 Å². The summed E-state index contributed by atoms with van der Waals surface area (Å²) in [6, 6.07) is 11.3. The van der Waals surface area contributed by atoms with E-state index in [0.717, 1.165) is 11.1 Å². The van der Waals surface area contributed by atoms with Gasteiger partial charge in [-0.05, 0) is 17.7 Å². The van der Waals surface area contributed by atoms with Crippen molar-refractivity contribution >= 4 is 23.2 Å². The zero-order valence-electron chi connectivity index (χ0n) is 9.07.